The third-order valence-corrected chi connectivity index (χ3v) is 3.92. The fourth-order valence-electron chi connectivity index (χ4n) is 2.19. The minimum atomic E-state index is 0.540. The summed E-state index contributed by atoms with van der Waals surface area (Å²) in [5.74, 6) is 0.912. The molecule has 1 aromatic carbocycles. The van der Waals surface area contributed by atoms with Crippen LogP contribution in [0.15, 0.2) is 24.5 Å². The van der Waals surface area contributed by atoms with Crippen molar-refractivity contribution < 1.29 is 0 Å². The molecule has 2 rings (SSSR count). The van der Waals surface area contributed by atoms with Crippen molar-refractivity contribution in [1.29, 1.82) is 0 Å². The number of hydrogen-bond donors (Lipinski definition) is 1. The Balaban J connectivity index is 2.48. The number of nitrogens with zero attached hydrogens (tertiary/aromatic N) is 2. The van der Waals surface area contributed by atoms with Crippen molar-refractivity contribution in [3.8, 4) is 11.3 Å². The topological polar surface area (TPSA) is 37.8 Å². The van der Waals surface area contributed by atoms with E-state index in [1.165, 1.54) is 0 Å². The van der Waals surface area contributed by atoms with E-state index in [9.17, 15) is 0 Å². The Kier molecular flexibility index (Phi) is 5.83. The summed E-state index contributed by atoms with van der Waals surface area (Å²) in [6, 6.07) is 5.60. The molecule has 2 aromatic rings. The summed E-state index contributed by atoms with van der Waals surface area (Å²) >= 11 is 12.1. The van der Waals surface area contributed by atoms with Crippen LogP contribution >= 0.6 is 23.2 Å². The van der Waals surface area contributed by atoms with Crippen LogP contribution in [0.25, 0.3) is 11.3 Å². The normalized spacial score (nSPS) is 10.7. The number of rotatable bonds is 6. The summed E-state index contributed by atoms with van der Waals surface area (Å²) < 4.78 is 0. The van der Waals surface area contributed by atoms with Gasteiger partial charge in [0.15, 0.2) is 0 Å². The van der Waals surface area contributed by atoms with E-state index in [0.717, 1.165) is 48.4 Å². The van der Waals surface area contributed by atoms with Crippen LogP contribution in [0.5, 0.6) is 0 Å². The lowest BCUT2D eigenvalue weighted by Crippen LogP contribution is -2.07. The molecule has 1 heterocycles. The fourth-order valence-corrected chi connectivity index (χ4v) is 2.49. The lowest BCUT2D eigenvalue weighted by molar-refractivity contribution is 0.892. The fraction of sp³-hybridized carbons (Fsp3) is 0.375. The van der Waals surface area contributed by atoms with Crippen LogP contribution in [-0.2, 0) is 6.42 Å². The van der Waals surface area contributed by atoms with Crippen molar-refractivity contribution in [2.45, 2.75) is 33.1 Å². The van der Waals surface area contributed by atoms with Gasteiger partial charge in [0, 0.05) is 17.7 Å². The molecule has 0 fully saturated rings. The van der Waals surface area contributed by atoms with Crippen molar-refractivity contribution in [2.75, 3.05) is 11.9 Å². The summed E-state index contributed by atoms with van der Waals surface area (Å²) in [6.45, 7) is 5.18. The minimum absolute atomic E-state index is 0.540. The first kappa shape index (κ1) is 16.1. The highest BCUT2D eigenvalue weighted by Gasteiger charge is 2.13. The van der Waals surface area contributed by atoms with Crippen LogP contribution in [0, 0.1) is 0 Å². The quantitative estimate of drug-likeness (QED) is 0.791. The maximum absolute atomic E-state index is 6.13. The molecule has 0 bridgehead atoms. The van der Waals surface area contributed by atoms with Gasteiger partial charge in [-0.25, -0.2) is 9.97 Å². The molecule has 0 radical (unpaired) electrons. The zero-order valence-electron chi connectivity index (χ0n) is 12.3. The van der Waals surface area contributed by atoms with Crippen LogP contribution in [0.4, 0.5) is 5.82 Å². The number of benzene rings is 1. The molecule has 3 nitrogen and oxygen atoms in total. The molecule has 1 aromatic heterocycles. The summed E-state index contributed by atoms with van der Waals surface area (Å²) in [7, 11) is 0. The van der Waals surface area contributed by atoms with E-state index in [-0.39, 0.29) is 0 Å². The molecule has 0 spiro atoms. The van der Waals surface area contributed by atoms with Crippen LogP contribution in [0.3, 0.4) is 0 Å². The molecule has 21 heavy (non-hydrogen) atoms. The maximum atomic E-state index is 6.13. The molecular formula is C16H19Cl2N3. The SMILES string of the molecule is CCCNc1ncnc(-c2ccc(Cl)c(Cl)c2)c1CCC. The summed E-state index contributed by atoms with van der Waals surface area (Å²) in [6.07, 6.45) is 4.59. The molecule has 112 valence electrons. The van der Waals surface area contributed by atoms with Gasteiger partial charge in [0.2, 0.25) is 0 Å². The van der Waals surface area contributed by atoms with E-state index in [2.05, 4.69) is 29.1 Å². The molecule has 5 heteroatoms. The van der Waals surface area contributed by atoms with Gasteiger partial charge in [-0.3, -0.25) is 0 Å². The Morgan fingerprint density at radius 2 is 1.86 bits per heavy atom. The number of anilines is 1. The zero-order chi connectivity index (χ0) is 15.2. The average molecular weight is 324 g/mol. The van der Waals surface area contributed by atoms with Crippen molar-refractivity contribution in [3.05, 3.63) is 40.1 Å². The van der Waals surface area contributed by atoms with Crippen LogP contribution in [0.1, 0.15) is 32.3 Å². The molecule has 0 amide bonds. The Hall–Kier alpha value is -1.32. The van der Waals surface area contributed by atoms with Gasteiger partial charge in [-0.05, 0) is 25.0 Å². The Labute approximate surface area is 135 Å². The van der Waals surface area contributed by atoms with Crippen molar-refractivity contribution >= 4 is 29.0 Å². The Bertz CT molecular complexity index is 614. The van der Waals surface area contributed by atoms with E-state index < -0.39 is 0 Å². The summed E-state index contributed by atoms with van der Waals surface area (Å²) in [5, 5.41) is 4.47. The second-order valence-electron chi connectivity index (χ2n) is 4.86. The molecule has 0 aliphatic carbocycles. The molecule has 0 atom stereocenters. The molecule has 0 saturated carbocycles. The summed E-state index contributed by atoms with van der Waals surface area (Å²) in [5.41, 5.74) is 3.02. The predicted octanol–water partition coefficient (Wildman–Crippen LogP) is 5.22. The standard InChI is InChI=1S/C16H19Cl2N3/c1-3-5-12-15(11-6-7-13(17)14(18)9-11)20-10-21-16(12)19-8-4-2/h6-7,9-10H,3-5,8H2,1-2H3,(H,19,20,21). The highest BCUT2D eigenvalue weighted by Crippen LogP contribution is 2.31. The van der Waals surface area contributed by atoms with Gasteiger partial charge < -0.3 is 5.32 Å². The maximum Gasteiger partial charge on any atom is 0.133 e. The van der Waals surface area contributed by atoms with Gasteiger partial charge in [0.25, 0.3) is 0 Å². The minimum Gasteiger partial charge on any atom is -0.370 e. The Morgan fingerprint density at radius 1 is 1.05 bits per heavy atom. The molecular weight excluding hydrogens is 305 g/mol. The highest BCUT2D eigenvalue weighted by molar-refractivity contribution is 6.42. The van der Waals surface area contributed by atoms with Crippen molar-refractivity contribution in [1.82, 2.24) is 9.97 Å². The van der Waals surface area contributed by atoms with Crippen molar-refractivity contribution in [3.63, 3.8) is 0 Å². The van der Waals surface area contributed by atoms with E-state index >= 15 is 0 Å². The van der Waals surface area contributed by atoms with Crippen LogP contribution in [0.2, 0.25) is 10.0 Å². The third-order valence-electron chi connectivity index (χ3n) is 3.18. The van der Waals surface area contributed by atoms with Crippen LogP contribution in [-0.4, -0.2) is 16.5 Å². The second-order valence-corrected chi connectivity index (χ2v) is 5.67. The van der Waals surface area contributed by atoms with Gasteiger partial charge in [-0.15, -0.1) is 0 Å². The first-order chi connectivity index (χ1) is 10.2. The number of hydrogen-bond acceptors (Lipinski definition) is 3. The van der Waals surface area contributed by atoms with E-state index in [1.54, 1.807) is 12.4 Å². The van der Waals surface area contributed by atoms with Gasteiger partial charge in [-0.2, -0.15) is 0 Å². The van der Waals surface area contributed by atoms with Gasteiger partial charge in [0.1, 0.15) is 12.1 Å². The second kappa shape index (κ2) is 7.62. The lowest BCUT2D eigenvalue weighted by atomic mass is 10.0. The van der Waals surface area contributed by atoms with Gasteiger partial charge >= 0.3 is 0 Å². The molecule has 0 aliphatic heterocycles. The molecule has 0 saturated heterocycles. The van der Waals surface area contributed by atoms with Crippen LogP contribution < -0.4 is 5.32 Å². The van der Waals surface area contributed by atoms with E-state index in [0.29, 0.717) is 10.0 Å². The smallest absolute Gasteiger partial charge is 0.133 e. The molecule has 1 N–H and O–H groups in total. The zero-order valence-corrected chi connectivity index (χ0v) is 13.8. The van der Waals surface area contributed by atoms with E-state index in [4.69, 9.17) is 23.2 Å². The molecule has 0 unspecified atom stereocenters. The van der Waals surface area contributed by atoms with E-state index in [1.807, 2.05) is 12.1 Å². The lowest BCUT2D eigenvalue weighted by Gasteiger charge is -2.14. The largest absolute Gasteiger partial charge is 0.370 e. The predicted molar refractivity (Wildman–Crippen MR) is 90.3 cm³/mol. The molecule has 0 aliphatic rings. The number of halogens is 2. The third kappa shape index (κ3) is 3.86. The summed E-state index contributed by atoms with van der Waals surface area (Å²) in [4.78, 5) is 8.83. The first-order valence-corrected chi connectivity index (χ1v) is 7.96. The average Bonchev–Trinajstić information content (AvgIpc) is 2.49. The number of nitrogens with one attached hydrogen (secondary N) is 1. The van der Waals surface area contributed by atoms with Gasteiger partial charge in [0.05, 0.1) is 15.7 Å². The monoisotopic (exact) mass is 323 g/mol. The first-order valence-electron chi connectivity index (χ1n) is 7.20. The highest BCUT2D eigenvalue weighted by atomic mass is 35.5. The Morgan fingerprint density at radius 3 is 2.52 bits per heavy atom. The van der Waals surface area contributed by atoms with Crippen molar-refractivity contribution in [2.24, 2.45) is 0 Å². The number of aromatic nitrogens is 2. The van der Waals surface area contributed by atoms with Gasteiger partial charge in [-0.1, -0.05) is 49.5 Å².